The zero-order chi connectivity index (χ0) is 12.1. The largest absolute Gasteiger partial charge is 0.387 e. The molecule has 2 rings (SSSR count). The summed E-state index contributed by atoms with van der Waals surface area (Å²) in [5, 5.41) is 13.0. The van der Waals surface area contributed by atoms with Gasteiger partial charge in [0.1, 0.15) is 5.82 Å². The highest BCUT2D eigenvalue weighted by Gasteiger charge is 2.05. The first-order valence-electron chi connectivity index (χ1n) is 5.44. The van der Waals surface area contributed by atoms with Crippen LogP contribution in [0.5, 0.6) is 0 Å². The van der Waals surface area contributed by atoms with E-state index in [1.54, 1.807) is 12.3 Å². The molecule has 1 aromatic heterocycles. The van der Waals surface area contributed by atoms with Gasteiger partial charge in [-0.2, -0.15) is 0 Å². The van der Waals surface area contributed by atoms with Crippen molar-refractivity contribution in [1.82, 2.24) is 4.98 Å². The molecule has 17 heavy (non-hydrogen) atoms. The number of aliphatic hydroxyl groups is 1. The zero-order valence-electron chi connectivity index (χ0n) is 9.38. The van der Waals surface area contributed by atoms with Crippen LogP contribution < -0.4 is 11.1 Å². The number of hydrogen-bond acceptors (Lipinski definition) is 4. The lowest BCUT2D eigenvalue weighted by Gasteiger charge is -2.12. The van der Waals surface area contributed by atoms with Gasteiger partial charge >= 0.3 is 0 Å². The molecule has 4 nitrogen and oxygen atoms in total. The number of nitrogens with one attached hydrogen (secondary N) is 1. The van der Waals surface area contributed by atoms with Crippen molar-refractivity contribution in [3.8, 4) is 0 Å². The lowest BCUT2D eigenvalue weighted by Crippen LogP contribution is -2.12. The molecule has 0 amide bonds. The van der Waals surface area contributed by atoms with Crippen LogP contribution in [0.2, 0.25) is 0 Å². The van der Waals surface area contributed by atoms with Gasteiger partial charge < -0.3 is 16.2 Å². The van der Waals surface area contributed by atoms with E-state index in [9.17, 15) is 5.11 Å². The smallest absolute Gasteiger partial charge is 0.123 e. The van der Waals surface area contributed by atoms with Crippen LogP contribution in [0, 0.1) is 0 Å². The molecule has 0 radical (unpaired) electrons. The Morgan fingerprint density at radius 1 is 1.18 bits per heavy atom. The van der Waals surface area contributed by atoms with Crippen molar-refractivity contribution in [1.29, 1.82) is 0 Å². The fraction of sp³-hybridized carbons (Fsp3) is 0.154. The van der Waals surface area contributed by atoms with E-state index in [-0.39, 0.29) is 0 Å². The second kappa shape index (κ2) is 5.32. The van der Waals surface area contributed by atoms with Crippen LogP contribution in [0.25, 0.3) is 0 Å². The van der Waals surface area contributed by atoms with Crippen LogP contribution in [0.1, 0.15) is 11.7 Å². The predicted octanol–water partition coefficient (Wildman–Crippen LogP) is 1.81. The molecule has 2 aromatic rings. The van der Waals surface area contributed by atoms with Gasteiger partial charge in [0.05, 0.1) is 18.0 Å². The van der Waals surface area contributed by atoms with Crippen LogP contribution in [0.4, 0.5) is 11.5 Å². The molecule has 0 saturated carbocycles. The Hall–Kier alpha value is -2.07. The lowest BCUT2D eigenvalue weighted by atomic mass is 10.1. The van der Waals surface area contributed by atoms with Crippen molar-refractivity contribution < 1.29 is 5.11 Å². The molecule has 88 valence electrons. The van der Waals surface area contributed by atoms with Crippen molar-refractivity contribution >= 4 is 11.5 Å². The van der Waals surface area contributed by atoms with Gasteiger partial charge in [-0.3, -0.25) is 0 Å². The van der Waals surface area contributed by atoms with E-state index < -0.39 is 6.10 Å². The van der Waals surface area contributed by atoms with E-state index in [0.29, 0.717) is 12.4 Å². The summed E-state index contributed by atoms with van der Waals surface area (Å²) in [5.74, 6) is 0.485. The third-order valence-electron chi connectivity index (χ3n) is 2.47. The summed E-state index contributed by atoms with van der Waals surface area (Å²) < 4.78 is 0. The first-order chi connectivity index (χ1) is 8.25. The van der Waals surface area contributed by atoms with Gasteiger partial charge in [-0.15, -0.1) is 0 Å². The standard InChI is InChI=1S/C13H15N3O/c14-13-7-6-11(8-16-13)15-9-12(17)10-4-2-1-3-5-10/h1-8,12,15,17H,9H2,(H2,14,16). The molecule has 0 aliphatic heterocycles. The Balaban J connectivity index is 1.92. The number of nitrogen functional groups attached to an aromatic ring is 1. The average molecular weight is 229 g/mol. The number of pyridine rings is 1. The molecule has 4 N–H and O–H groups in total. The van der Waals surface area contributed by atoms with Crippen LogP contribution in [0.3, 0.4) is 0 Å². The Labute approximate surface area is 100 Å². The first-order valence-corrected chi connectivity index (χ1v) is 5.44. The monoisotopic (exact) mass is 229 g/mol. The number of rotatable bonds is 4. The van der Waals surface area contributed by atoms with Crippen molar-refractivity contribution in [2.24, 2.45) is 0 Å². The summed E-state index contributed by atoms with van der Waals surface area (Å²) in [6.45, 7) is 0.440. The molecular formula is C13H15N3O. The van der Waals surface area contributed by atoms with Gasteiger partial charge in [0.25, 0.3) is 0 Å². The van der Waals surface area contributed by atoms with E-state index >= 15 is 0 Å². The molecule has 0 bridgehead atoms. The van der Waals surface area contributed by atoms with Crippen molar-refractivity contribution in [2.45, 2.75) is 6.10 Å². The Morgan fingerprint density at radius 2 is 1.94 bits per heavy atom. The lowest BCUT2D eigenvalue weighted by molar-refractivity contribution is 0.191. The van der Waals surface area contributed by atoms with Gasteiger partial charge in [-0.05, 0) is 17.7 Å². The highest BCUT2D eigenvalue weighted by atomic mass is 16.3. The number of nitrogens with zero attached hydrogens (tertiary/aromatic N) is 1. The normalized spacial score (nSPS) is 12.1. The Kier molecular flexibility index (Phi) is 3.57. The fourth-order valence-corrected chi connectivity index (χ4v) is 1.52. The number of aromatic nitrogens is 1. The predicted molar refractivity (Wildman–Crippen MR) is 68.5 cm³/mol. The molecule has 0 spiro atoms. The third kappa shape index (κ3) is 3.19. The minimum atomic E-state index is -0.534. The van der Waals surface area contributed by atoms with Crippen LogP contribution >= 0.6 is 0 Å². The van der Waals surface area contributed by atoms with Crippen molar-refractivity contribution in [3.63, 3.8) is 0 Å². The van der Waals surface area contributed by atoms with Gasteiger partial charge in [0.15, 0.2) is 0 Å². The van der Waals surface area contributed by atoms with Gasteiger partial charge in [0.2, 0.25) is 0 Å². The van der Waals surface area contributed by atoms with Crippen LogP contribution in [-0.2, 0) is 0 Å². The molecule has 1 heterocycles. The van der Waals surface area contributed by atoms with Crippen LogP contribution in [0.15, 0.2) is 48.7 Å². The fourth-order valence-electron chi connectivity index (χ4n) is 1.52. The quantitative estimate of drug-likeness (QED) is 0.747. The summed E-state index contributed by atoms with van der Waals surface area (Å²) in [6, 6.07) is 13.1. The summed E-state index contributed by atoms with van der Waals surface area (Å²) >= 11 is 0. The first kappa shape index (κ1) is 11.4. The molecule has 0 fully saturated rings. The highest BCUT2D eigenvalue weighted by Crippen LogP contribution is 2.14. The molecule has 1 unspecified atom stereocenters. The Morgan fingerprint density at radius 3 is 2.59 bits per heavy atom. The highest BCUT2D eigenvalue weighted by molar-refractivity contribution is 5.45. The van der Waals surface area contributed by atoms with E-state index in [1.807, 2.05) is 36.4 Å². The summed E-state index contributed by atoms with van der Waals surface area (Å²) in [7, 11) is 0. The minimum Gasteiger partial charge on any atom is -0.387 e. The maximum Gasteiger partial charge on any atom is 0.123 e. The van der Waals surface area contributed by atoms with E-state index in [2.05, 4.69) is 10.3 Å². The molecule has 1 atom stereocenters. The molecular weight excluding hydrogens is 214 g/mol. The molecule has 4 heteroatoms. The summed E-state index contributed by atoms with van der Waals surface area (Å²) in [4.78, 5) is 3.96. The maximum absolute atomic E-state index is 9.93. The van der Waals surface area contributed by atoms with Gasteiger partial charge in [0, 0.05) is 6.54 Å². The summed E-state index contributed by atoms with van der Waals surface area (Å²) in [5.41, 5.74) is 7.22. The zero-order valence-corrected chi connectivity index (χ0v) is 9.38. The number of aliphatic hydroxyl groups excluding tert-OH is 1. The minimum absolute atomic E-state index is 0.440. The van der Waals surface area contributed by atoms with Gasteiger partial charge in [-0.1, -0.05) is 30.3 Å². The van der Waals surface area contributed by atoms with Crippen molar-refractivity contribution in [3.05, 3.63) is 54.2 Å². The number of anilines is 2. The summed E-state index contributed by atoms with van der Waals surface area (Å²) in [6.07, 6.45) is 1.11. The van der Waals surface area contributed by atoms with Crippen LogP contribution in [-0.4, -0.2) is 16.6 Å². The van der Waals surface area contributed by atoms with E-state index in [1.165, 1.54) is 0 Å². The second-order valence-electron chi connectivity index (χ2n) is 3.78. The number of benzene rings is 1. The average Bonchev–Trinajstić information content (AvgIpc) is 2.39. The third-order valence-corrected chi connectivity index (χ3v) is 2.47. The van der Waals surface area contributed by atoms with Gasteiger partial charge in [-0.25, -0.2) is 4.98 Å². The van der Waals surface area contributed by atoms with E-state index in [4.69, 9.17) is 5.73 Å². The molecule has 0 aliphatic rings. The second-order valence-corrected chi connectivity index (χ2v) is 3.78. The topological polar surface area (TPSA) is 71.2 Å². The molecule has 0 saturated heterocycles. The maximum atomic E-state index is 9.93. The van der Waals surface area contributed by atoms with Crippen molar-refractivity contribution in [2.75, 3.05) is 17.6 Å². The number of nitrogens with two attached hydrogens (primary N) is 1. The molecule has 0 aliphatic carbocycles. The molecule has 1 aromatic carbocycles. The SMILES string of the molecule is Nc1ccc(NCC(O)c2ccccc2)cn1. The Bertz CT molecular complexity index is 456. The van der Waals surface area contributed by atoms with E-state index in [0.717, 1.165) is 11.3 Å². The number of hydrogen-bond donors (Lipinski definition) is 3.